The average molecular weight is 476 g/mol. The second-order valence-electron chi connectivity index (χ2n) is 9.20. The number of nitrogens with two attached hydrogens (primary N) is 1. The first kappa shape index (κ1) is 32.4. The van der Waals surface area contributed by atoms with Gasteiger partial charge in [-0.25, -0.2) is 5.48 Å². The molecular formula is C21H41N5O7. The quantitative estimate of drug-likeness (QED) is 0.156. The van der Waals surface area contributed by atoms with Gasteiger partial charge >= 0.3 is 0 Å². The molecule has 12 heteroatoms. The maximum Gasteiger partial charge on any atom is 0.300 e. The van der Waals surface area contributed by atoms with Crippen LogP contribution in [0.3, 0.4) is 0 Å². The molecule has 0 saturated carbocycles. The summed E-state index contributed by atoms with van der Waals surface area (Å²) >= 11 is 0. The lowest BCUT2D eigenvalue weighted by Gasteiger charge is -2.32. The van der Waals surface area contributed by atoms with Crippen molar-refractivity contribution < 1.29 is 34.3 Å². The van der Waals surface area contributed by atoms with Gasteiger partial charge in [0.25, 0.3) is 5.97 Å². The fourth-order valence-corrected chi connectivity index (χ4v) is 2.77. The normalized spacial score (nSPS) is 13.5. The van der Waals surface area contributed by atoms with E-state index >= 15 is 0 Å². The van der Waals surface area contributed by atoms with Crippen LogP contribution in [-0.2, 0) is 24.0 Å². The molecule has 0 aliphatic rings. The maximum atomic E-state index is 12.8. The molecule has 0 bridgehead atoms. The van der Waals surface area contributed by atoms with E-state index in [9.17, 15) is 19.2 Å². The average Bonchev–Trinajstić information content (AvgIpc) is 2.67. The van der Waals surface area contributed by atoms with Crippen molar-refractivity contribution in [3.8, 4) is 0 Å². The van der Waals surface area contributed by atoms with E-state index in [0.717, 1.165) is 6.92 Å². The molecule has 0 fully saturated rings. The van der Waals surface area contributed by atoms with Gasteiger partial charge in [0, 0.05) is 32.4 Å². The zero-order chi connectivity index (χ0) is 26.4. The van der Waals surface area contributed by atoms with E-state index < -0.39 is 47.1 Å². The first-order valence-electron chi connectivity index (χ1n) is 10.8. The highest BCUT2D eigenvalue weighted by Crippen LogP contribution is 2.22. The Hall–Kier alpha value is -2.73. The van der Waals surface area contributed by atoms with Crippen LogP contribution in [0.15, 0.2) is 0 Å². The van der Waals surface area contributed by atoms with E-state index in [4.69, 9.17) is 20.8 Å². The molecule has 0 heterocycles. The third kappa shape index (κ3) is 15.7. The van der Waals surface area contributed by atoms with Crippen molar-refractivity contribution in [3.05, 3.63) is 0 Å². The molecule has 0 spiro atoms. The number of rotatable bonds is 11. The molecule has 0 aromatic heterocycles. The van der Waals surface area contributed by atoms with Crippen LogP contribution >= 0.6 is 0 Å². The molecule has 8 N–H and O–H groups in total. The summed E-state index contributed by atoms with van der Waals surface area (Å²) in [7, 11) is 0. The Morgan fingerprint density at radius 1 is 0.939 bits per heavy atom. The molecule has 0 aliphatic heterocycles. The fourth-order valence-electron chi connectivity index (χ4n) is 2.77. The van der Waals surface area contributed by atoms with Gasteiger partial charge in [-0.3, -0.25) is 29.2 Å². The monoisotopic (exact) mass is 475 g/mol. The Morgan fingerprint density at radius 2 is 1.45 bits per heavy atom. The zero-order valence-corrected chi connectivity index (χ0v) is 20.7. The van der Waals surface area contributed by atoms with E-state index in [1.807, 2.05) is 13.8 Å². The lowest BCUT2D eigenvalue weighted by Crippen LogP contribution is -2.58. The lowest BCUT2D eigenvalue weighted by molar-refractivity contribution is -0.138. The van der Waals surface area contributed by atoms with Crippen LogP contribution in [0.5, 0.6) is 0 Å². The number of aliphatic carboxylic acids is 1. The van der Waals surface area contributed by atoms with Crippen LogP contribution in [0.2, 0.25) is 0 Å². The molecule has 0 rings (SSSR count). The number of nitrogens with one attached hydrogen (secondary N) is 4. The number of carbonyl (C=O) groups excluding carboxylic acids is 4. The number of hydrogen-bond acceptors (Lipinski definition) is 7. The first-order chi connectivity index (χ1) is 15.1. The van der Waals surface area contributed by atoms with Crippen molar-refractivity contribution in [2.24, 2.45) is 23.0 Å². The van der Waals surface area contributed by atoms with Gasteiger partial charge in [0.1, 0.15) is 12.1 Å². The summed E-state index contributed by atoms with van der Waals surface area (Å²) in [6.07, 6.45) is 0.215. The predicted octanol–water partition coefficient (Wildman–Crippen LogP) is -0.254. The summed E-state index contributed by atoms with van der Waals surface area (Å²) in [6, 6.07) is -1.73. The molecule has 4 amide bonds. The van der Waals surface area contributed by atoms with E-state index in [0.29, 0.717) is 13.0 Å². The molecule has 12 nitrogen and oxygen atoms in total. The van der Waals surface area contributed by atoms with E-state index in [2.05, 4.69) is 16.0 Å². The molecular weight excluding hydrogens is 434 g/mol. The minimum Gasteiger partial charge on any atom is -0.481 e. The Balaban J connectivity index is 0. The summed E-state index contributed by atoms with van der Waals surface area (Å²) in [5.41, 5.74) is 6.24. The van der Waals surface area contributed by atoms with Crippen LogP contribution in [0, 0.1) is 17.3 Å². The van der Waals surface area contributed by atoms with Crippen molar-refractivity contribution in [2.75, 3.05) is 13.1 Å². The van der Waals surface area contributed by atoms with Gasteiger partial charge in [0.05, 0.1) is 0 Å². The number of hydroxylamine groups is 1. The Labute approximate surface area is 195 Å². The second kappa shape index (κ2) is 16.0. The van der Waals surface area contributed by atoms with E-state index in [-0.39, 0.29) is 24.8 Å². The van der Waals surface area contributed by atoms with E-state index in [1.54, 1.807) is 27.7 Å². The van der Waals surface area contributed by atoms with Gasteiger partial charge < -0.3 is 26.8 Å². The third-order valence-electron chi connectivity index (χ3n) is 4.29. The highest BCUT2D eigenvalue weighted by atomic mass is 16.5. The van der Waals surface area contributed by atoms with Crippen LogP contribution in [0.1, 0.15) is 61.3 Å². The third-order valence-corrected chi connectivity index (χ3v) is 4.29. The van der Waals surface area contributed by atoms with Gasteiger partial charge in [-0.2, -0.15) is 0 Å². The smallest absolute Gasteiger partial charge is 0.300 e. The molecule has 0 aliphatic carbocycles. The topological polar surface area (TPSA) is 200 Å². The predicted molar refractivity (Wildman–Crippen MR) is 122 cm³/mol. The molecule has 192 valence electrons. The van der Waals surface area contributed by atoms with Gasteiger partial charge in [-0.15, -0.1) is 0 Å². The van der Waals surface area contributed by atoms with Crippen LogP contribution in [-0.4, -0.2) is 65.1 Å². The standard InChI is InChI=1S/C19H37N5O5.C2H4O2/c1-11(2)9-13(10-14(25)24-29)17(27)23-15(19(4,5)6)18(28)22-12(3)16(26)21-8-7-20;1-2(3)4/h11-13,15,29H,7-10,20H2,1-6H3,(H,21,26)(H,22,28)(H,23,27)(H,24,25);1H3,(H,3,4)/t12-,13+,15+;/m0./s1. The number of carboxylic acid groups (broad SMARTS) is 1. The van der Waals surface area contributed by atoms with Crippen molar-refractivity contribution in [3.63, 3.8) is 0 Å². The van der Waals surface area contributed by atoms with Crippen LogP contribution in [0.4, 0.5) is 0 Å². The molecule has 0 aromatic rings. The van der Waals surface area contributed by atoms with Crippen molar-refractivity contribution in [1.82, 2.24) is 21.4 Å². The van der Waals surface area contributed by atoms with E-state index in [1.165, 1.54) is 5.48 Å². The molecule has 0 saturated heterocycles. The number of carbonyl (C=O) groups is 5. The highest BCUT2D eigenvalue weighted by molar-refractivity contribution is 5.93. The Bertz CT molecular complexity index is 658. The summed E-state index contributed by atoms with van der Waals surface area (Å²) < 4.78 is 0. The minimum atomic E-state index is -0.924. The number of carboxylic acids is 1. The highest BCUT2D eigenvalue weighted by Gasteiger charge is 2.36. The van der Waals surface area contributed by atoms with Gasteiger partial charge in [0.15, 0.2) is 0 Å². The summed E-state index contributed by atoms with van der Waals surface area (Å²) in [4.78, 5) is 58.1. The maximum absolute atomic E-state index is 12.8. The Kier molecular flexibility index (Phi) is 15.7. The lowest BCUT2D eigenvalue weighted by atomic mass is 9.84. The van der Waals surface area contributed by atoms with Gasteiger partial charge in [0.2, 0.25) is 23.6 Å². The fraction of sp³-hybridized carbons (Fsp3) is 0.762. The zero-order valence-electron chi connectivity index (χ0n) is 20.7. The molecule has 0 radical (unpaired) electrons. The second-order valence-corrected chi connectivity index (χ2v) is 9.20. The largest absolute Gasteiger partial charge is 0.481 e. The summed E-state index contributed by atoms with van der Waals surface area (Å²) in [5, 5.41) is 24.1. The van der Waals surface area contributed by atoms with Crippen molar-refractivity contribution in [2.45, 2.75) is 73.4 Å². The first-order valence-corrected chi connectivity index (χ1v) is 10.8. The summed E-state index contributed by atoms with van der Waals surface area (Å²) in [5.74, 6) is -3.42. The van der Waals surface area contributed by atoms with Crippen molar-refractivity contribution in [1.29, 1.82) is 0 Å². The molecule has 0 aromatic carbocycles. The number of amides is 4. The van der Waals surface area contributed by atoms with Gasteiger partial charge in [-0.1, -0.05) is 34.6 Å². The summed E-state index contributed by atoms with van der Waals surface area (Å²) in [6.45, 7) is 12.4. The Morgan fingerprint density at radius 3 is 1.85 bits per heavy atom. The van der Waals surface area contributed by atoms with Gasteiger partial charge in [-0.05, 0) is 24.7 Å². The minimum absolute atomic E-state index is 0.130. The molecule has 33 heavy (non-hydrogen) atoms. The SMILES string of the molecule is CC(=O)O.CC(C)C[C@H](CC(=O)NO)C(=O)N[C@H](C(=O)N[C@@H](C)C(=O)NCCN)C(C)(C)C. The van der Waals surface area contributed by atoms with Crippen LogP contribution < -0.4 is 27.2 Å². The molecule has 3 atom stereocenters. The number of hydrogen-bond donors (Lipinski definition) is 7. The molecule has 0 unspecified atom stereocenters. The van der Waals surface area contributed by atoms with Crippen molar-refractivity contribution >= 4 is 29.6 Å². The van der Waals surface area contributed by atoms with Crippen LogP contribution in [0.25, 0.3) is 0 Å².